The van der Waals surface area contributed by atoms with Gasteiger partial charge in [0, 0.05) is 7.11 Å². The Morgan fingerprint density at radius 2 is 1.84 bits per heavy atom. The first-order chi connectivity index (χ1) is 11.9. The van der Waals surface area contributed by atoms with Crippen LogP contribution in [0.15, 0.2) is 42.5 Å². The van der Waals surface area contributed by atoms with Gasteiger partial charge in [-0.3, -0.25) is 9.69 Å². The Hall–Kier alpha value is -2.37. The number of methoxy groups -OCH3 is 1. The quantitative estimate of drug-likeness (QED) is 0.847. The number of fused-ring (bicyclic) bond motifs is 1. The lowest BCUT2D eigenvalue weighted by atomic mass is 9.92. The van der Waals surface area contributed by atoms with E-state index in [4.69, 9.17) is 9.47 Å². The van der Waals surface area contributed by atoms with Crippen molar-refractivity contribution in [1.29, 1.82) is 0 Å². The van der Waals surface area contributed by atoms with Crippen molar-refractivity contribution in [3.63, 3.8) is 0 Å². The van der Waals surface area contributed by atoms with Crippen molar-refractivity contribution in [2.75, 3.05) is 13.9 Å². The van der Waals surface area contributed by atoms with Crippen molar-refractivity contribution < 1.29 is 19.4 Å². The van der Waals surface area contributed by atoms with E-state index in [2.05, 4.69) is 0 Å². The topological polar surface area (TPSA) is 59.0 Å². The van der Waals surface area contributed by atoms with Crippen LogP contribution in [0, 0.1) is 6.92 Å². The molecule has 1 aliphatic heterocycles. The van der Waals surface area contributed by atoms with E-state index in [9.17, 15) is 9.90 Å². The van der Waals surface area contributed by atoms with E-state index in [0.717, 1.165) is 11.1 Å². The summed E-state index contributed by atoms with van der Waals surface area (Å²) in [5.74, 6) is 0.296. The maximum atomic E-state index is 13.0. The number of benzene rings is 2. The summed E-state index contributed by atoms with van der Waals surface area (Å²) in [6.45, 7) is 5.80. The van der Waals surface area contributed by atoms with Gasteiger partial charge in [-0.2, -0.15) is 0 Å². The van der Waals surface area contributed by atoms with Crippen molar-refractivity contribution >= 4 is 5.91 Å². The Bertz CT molecular complexity index is 786. The molecule has 132 valence electrons. The predicted octanol–water partition coefficient (Wildman–Crippen LogP) is 3.36. The Balaban J connectivity index is 2.07. The molecule has 1 N–H and O–H groups in total. The molecular formula is C20H23NO4. The number of ether oxygens (including phenoxy) is 2. The molecule has 1 aliphatic rings. The minimum absolute atomic E-state index is 0.0558. The summed E-state index contributed by atoms with van der Waals surface area (Å²) >= 11 is 0. The Morgan fingerprint density at radius 1 is 1.16 bits per heavy atom. The second kappa shape index (κ2) is 6.50. The van der Waals surface area contributed by atoms with E-state index in [0.29, 0.717) is 16.9 Å². The highest BCUT2D eigenvalue weighted by molar-refractivity contribution is 6.00. The van der Waals surface area contributed by atoms with Crippen LogP contribution in [0.3, 0.4) is 0 Å². The molecule has 2 aromatic carbocycles. The van der Waals surface area contributed by atoms with E-state index in [1.54, 1.807) is 6.07 Å². The van der Waals surface area contributed by atoms with Gasteiger partial charge in [-0.25, -0.2) is 0 Å². The number of carbonyl (C=O) groups is 1. The molecule has 1 heterocycles. The van der Waals surface area contributed by atoms with Crippen LogP contribution in [0.1, 0.15) is 47.1 Å². The molecule has 1 amide bonds. The molecular weight excluding hydrogens is 318 g/mol. The Labute approximate surface area is 147 Å². The smallest absolute Gasteiger partial charge is 0.257 e. The fourth-order valence-electron chi connectivity index (χ4n) is 3.38. The average molecular weight is 341 g/mol. The summed E-state index contributed by atoms with van der Waals surface area (Å²) in [5, 5.41) is 11.0. The summed E-state index contributed by atoms with van der Waals surface area (Å²) in [4.78, 5) is 14.5. The van der Waals surface area contributed by atoms with E-state index in [1.165, 1.54) is 12.0 Å². The highest BCUT2D eigenvalue weighted by atomic mass is 16.7. The Morgan fingerprint density at radius 3 is 2.48 bits per heavy atom. The van der Waals surface area contributed by atoms with Crippen LogP contribution in [0.4, 0.5) is 0 Å². The lowest BCUT2D eigenvalue weighted by Gasteiger charge is -2.38. The molecule has 0 radical (unpaired) electrons. The van der Waals surface area contributed by atoms with Gasteiger partial charge in [0.1, 0.15) is 5.75 Å². The number of hydrogen-bond acceptors (Lipinski definition) is 4. The summed E-state index contributed by atoms with van der Waals surface area (Å²) in [6.07, 6.45) is -1.08. The molecule has 25 heavy (non-hydrogen) atoms. The van der Waals surface area contributed by atoms with Gasteiger partial charge in [-0.1, -0.05) is 36.4 Å². The van der Waals surface area contributed by atoms with E-state index < -0.39 is 11.8 Å². The molecule has 0 saturated heterocycles. The first-order valence-electron chi connectivity index (χ1n) is 8.22. The maximum absolute atomic E-state index is 13.0. The van der Waals surface area contributed by atoms with Gasteiger partial charge >= 0.3 is 0 Å². The van der Waals surface area contributed by atoms with E-state index in [1.807, 2.05) is 57.2 Å². The highest BCUT2D eigenvalue weighted by Crippen LogP contribution is 2.46. The van der Waals surface area contributed by atoms with Crippen molar-refractivity contribution in [2.24, 2.45) is 0 Å². The lowest BCUT2D eigenvalue weighted by molar-refractivity contribution is -0.0327. The molecule has 2 aromatic rings. The lowest BCUT2D eigenvalue weighted by Crippen LogP contribution is -2.44. The zero-order valence-electron chi connectivity index (χ0n) is 14.9. The van der Waals surface area contributed by atoms with Gasteiger partial charge in [-0.05, 0) is 38.0 Å². The van der Waals surface area contributed by atoms with E-state index >= 15 is 0 Å². The average Bonchev–Trinajstić information content (AvgIpc) is 2.86. The second-order valence-corrected chi connectivity index (χ2v) is 6.70. The first kappa shape index (κ1) is 17.5. The number of aryl methyl sites for hydroxylation is 1. The normalized spacial score (nSPS) is 16.9. The van der Waals surface area contributed by atoms with E-state index in [-0.39, 0.29) is 12.7 Å². The van der Waals surface area contributed by atoms with Crippen LogP contribution in [-0.2, 0) is 10.3 Å². The monoisotopic (exact) mass is 341 g/mol. The summed E-state index contributed by atoms with van der Waals surface area (Å²) < 4.78 is 10.6. The molecule has 1 atom stereocenters. The molecule has 0 aromatic heterocycles. The van der Waals surface area contributed by atoms with Crippen LogP contribution in [0.2, 0.25) is 0 Å². The molecule has 3 rings (SSSR count). The van der Waals surface area contributed by atoms with Crippen molar-refractivity contribution in [3.8, 4) is 5.75 Å². The number of rotatable bonds is 5. The molecule has 0 saturated carbocycles. The molecule has 0 fully saturated rings. The third-order valence-electron chi connectivity index (χ3n) is 4.75. The van der Waals surface area contributed by atoms with Crippen LogP contribution in [0.5, 0.6) is 5.75 Å². The molecule has 0 spiro atoms. The zero-order valence-corrected chi connectivity index (χ0v) is 14.9. The number of hydrogen-bond donors (Lipinski definition) is 1. The van der Waals surface area contributed by atoms with Gasteiger partial charge in [0.15, 0.2) is 13.0 Å². The highest BCUT2D eigenvalue weighted by Gasteiger charge is 2.46. The maximum Gasteiger partial charge on any atom is 0.257 e. The van der Waals surface area contributed by atoms with Gasteiger partial charge in [0.25, 0.3) is 5.91 Å². The molecule has 5 heteroatoms. The summed E-state index contributed by atoms with van der Waals surface area (Å²) in [5.41, 5.74) is 2.09. The molecule has 0 aliphatic carbocycles. The predicted molar refractivity (Wildman–Crippen MR) is 94.3 cm³/mol. The fraction of sp³-hybridized carbons (Fsp3) is 0.350. The largest absolute Gasteiger partial charge is 0.467 e. The van der Waals surface area contributed by atoms with Crippen LogP contribution in [-0.4, -0.2) is 29.8 Å². The Kier molecular flexibility index (Phi) is 4.54. The minimum atomic E-state index is -1.08. The third kappa shape index (κ3) is 2.79. The first-order valence-corrected chi connectivity index (χ1v) is 8.22. The summed E-state index contributed by atoms with van der Waals surface area (Å²) in [7, 11) is 1.53. The number of nitrogens with zero attached hydrogens (tertiary/aromatic N) is 1. The minimum Gasteiger partial charge on any atom is -0.467 e. The van der Waals surface area contributed by atoms with Gasteiger partial charge in [-0.15, -0.1) is 0 Å². The van der Waals surface area contributed by atoms with Gasteiger partial charge in [0.2, 0.25) is 0 Å². The fourth-order valence-corrected chi connectivity index (χ4v) is 3.38. The third-order valence-corrected chi connectivity index (χ3v) is 4.75. The zero-order chi connectivity index (χ0) is 18.2. The number of carbonyl (C=O) groups excluding carboxylic acids is 1. The second-order valence-electron chi connectivity index (χ2n) is 6.70. The van der Waals surface area contributed by atoms with Crippen LogP contribution in [0.25, 0.3) is 0 Å². The molecule has 1 unspecified atom stereocenters. The van der Waals surface area contributed by atoms with Crippen molar-refractivity contribution in [2.45, 2.75) is 32.5 Å². The van der Waals surface area contributed by atoms with Crippen molar-refractivity contribution in [1.82, 2.24) is 4.90 Å². The van der Waals surface area contributed by atoms with Crippen LogP contribution >= 0.6 is 0 Å². The van der Waals surface area contributed by atoms with Gasteiger partial charge in [0.05, 0.1) is 16.7 Å². The standard InChI is InChI=1S/C20H23NO4/c1-13-10-11-15-16(17(13)25-12-24-4)19(23)21(18(15)22)20(2,3)14-8-6-5-7-9-14/h5-11,19,23H,12H2,1-4H3. The number of amides is 1. The molecule has 0 bridgehead atoms. The number of aliphatic hydroxyl groups excluding tert-OH is 1. The SMILES string of the molecule is COCOc1c(C)ccc2c1C(O)N(C(C)(C)c1ccccc1)C2=O. The molecule has 5 nitrogen and oxygen atoms in total. The van der Waals surface area contributed by atoms with Gasteiger partial charge < -0.3 is 14.6 Å². The van der Waals surface area contributed by atoms with Crippen LogP contribution < -0.4 is 4.74 Å². The summed E-state index contributed by atoms with van der Waals surface area (Å²) in [6, 6.07) is 13.3. The number of aliphatic hydroxyl groups is 1. The van der Waals surface area contributed by atoms with Crippen molar-refractivity contribution in [3.05, 3.63) is 64.7 Å².